The van der Waals surface area contributed by atoms with Gasteiger partial charge in [0.05, 0.1) is 0 Å². The monoisotopic (exact) mass is 329 g/mol. The van der Waals surface area contributed by atoms with Gasteiger partial charge in [-0.1, -0.05) is 61.9 Å². The zero-order valence-electron chi connectivity index (χ0n) is 14.4. The molecule has 0 saturated carbocycles. The predicted octanol–water partition coefficient (Wildman–Crippen LogP) is 4.98. The molecule has 0 heterocycles. The third kappa shape index (κ3) is 5.29. The highest BCUT2D eigenvalue weighted by Gasteiger charge is 2.11. The second-order valence-corrected chi connectivity index (χ2v) is 6.86. The van der Waals surface area contributed by atoms with Crippen molar-refractivity contribution in [3.05, 3.63) is 64.7 Å². The Labute approximate surface area is 144 Å². The highest BCUT2D eigenvalue weighted by Crippen LogP contribution is 2.30. The van der Waals surface area contributed by atoms with E-state index in [1.165, 1.54) is 11.1 Å². The van der Waals surface area contributed by atoms with E-state index in [0.29, 0.717) is 5.75 Å². The van der Waals surface area contributed by atoms with Gasteiger partial charge in [0.1, 0.15) is 5.75 Å². The van der Waals surface area contributed by atoms with Crippen molar-refractivity contribution in [1.82, 2.24) is 4.90 Å². The molecule has 0 aliphatic heterocycles. The van der Waals surface area contributed by atoms with Crippen molar-refractivity contribution in [2.75, 3.05) is 13.1 Å². The summed E-state index contributed by atoms with van der Waals surface area (Å²) >= 11 is 1.85. The second-order valence-electron chi connectivity index (χ2n) is 5.87. The average molecular weight is 330 g/mol. The van der Waals surface area contributed by atoms with Gasteiger partial charge >= 0.3 is 0 Å². The van der Waals surface area contributed by atoms with Crippen LogP contribution in [0.3, 0.4) is 0 Å². The molecule has 0 amide bonds. The van der Waals surface area contributed by atoms with E-state index >= 15 is 0 Å². The molecule has 0 aliphatic carbocycles. The van der Waals surface area contributed by atoms with Crippen molar-refractivity contribution >= 4 is 11.8 Å². The molecule has 0 bridgehead atoms. The van der Waals surface area contributed by atoms with Gasteiger partial charge in [-0.3, -0.25) is 4.90 Å². The van der Waals surface area contributed by atoms with Crippen molar-refractivity contribution in [2.45, 2.75) is 38.8 Å². The maximum absolute atomic E-state index is 10.6. The van der Waals surface area contributed by atoms with Crippen molar-refractivity contribution in [3.8, 4) is 5.75 Å². The molecule has 0 saturated heterocycles. The largest absolute Gasteiger partial charge is 0.507 e. The summed E-state index contributed by atoms with van der Waals surface area (Å²) < 4.78 is 0. The minimum absolute atomic E-state index is 0.475. The van der Waals surface area contributed by atoms with Crippen LogP contribution in [0.25, 0.3) is 0 Å². The molecule has 0 aromatic heterocycles. The number of aryl methyl sites for hydroxylation is 1. The van der Waals surface area contributed by atoms with Crippen molar-refractivity contribution in [3.63, 3.8) is 0 Å². The van der Waals surface area contributed by atoms with Crippen molar-refractivity contribution in [1.29, 1.82) is 0 Å². The summed E-state index contributed by atoms with van der Waals surface area (Å²) in [7, 11) is 0. The minimum Gasteiger partial charge on any atom is -0.507 e. The second kappa shape index (κ2) is 8.99. The molecule has 0 spiro atoms. The molecule has 2 aromatic rings. The Balaban J connectivity index is 2.05. The summed E-state index contributed by atoms with van der Waals surface area (Å²) in [5.74, 6) is 2.29. The first kappa shape index (κ1) is 17.9. The van der Waals surface area contributed by atoms with Crippen LogP contribution in [-0.2, 0) is 18.1 Å². The third-order valence-electron chi connectivity index (χ3n) is 4.07. The minimum atomic E-state index is 0.475. The van der Waals surface area contributed by atoms with E-state index in [2.05, 4.69) is 62.1 Å². The maximum atomic E-state index is 10.6. The van der Waals surface area contributed by atoms with Gasteiger partial charge in [-0.2, -0.15) is 11.8 Å². The lowest BCUT2D eigenvalue weighted by molar-refractivity contribution is 0.290. The fourth-order valence-electron chi connectivity index (χ4n) is 2.71. The molecule has 23 heavy (non-hydrogen) atoms. The summed E-state index contributed by atoms with van der Waals surface area (Å²) in [6, 6.07) is 14.7. The average Bonchev–Trinajstić information content (AvgIpc) is 2.57. The summed E-state index contributed by atoms with van der Waals surface area (Å²) in [4.78, 5) is 2.33. The van der Waals surface area contributed by atoms with Gasteiger partial charge in [0.2, 0.25) is 0 Å². The summed E-state index contributed by atoms with van der Waals surface area (Å²) in [5, 5.41) is 10.6. The number of thioether (sulfide) groups is 1. The third-order valence-corrected chi connectivity index (χ3v) is 5.12. The molecule has 0 unspecified atom stereocenters. The molecule has 3 heteroatoms. The predicted molar refractivity (Wildman–Crippen MR) is 101 cm³/mol. The Morgan fingerprint density at radius 1 is 0.957 bits per heavy atom. The molecule has 1 N–H and O–H groups in total. The van der Waals surface area contributed by atoms with E-state index < -0.39 is 0 Å². The first-order valence-electron chi connectivity index (χ1n) is 8.29. The molecule has 124 valence electrons. The van der Waals surface area contributed by atoms with Gasteiger partial charge in [0, 0.05) is 29.2 Å². The van der Waals surface area contributed by atoms with Gasteiger partial charge in [-0.05, 0) is 25.6 Å². The molecular weight excluding hydrogens is 302 g/mol. The van der Waals surface area contributed by atoms with Gasteiger partial charge in [0.25, 0.3) is 0 Å². The van der Waals surface area contributed by atoms with E-state index in [1.54, 1.807) is 0 Å². The molecule has 0 fully saturated rings. The van der Waals surface area contributed by atoms with Crippen LogP contribution in [0.15, 0.2) is 42.5 Å². The van der Waals surface area contributed by atoms with Crippen LogP contribution in [0.4, 0.5) is 0 Å². The van der Waals surface area contributed by atoms with Crippen LogP contribution in [0.5, 0.6) is 5.75 Å². The fourth-order valence-corrected chi connectivity index (χ4v) is 3.68. The SMILES string of the molecule is CCN(CC)Cc1cc(C)cc(CSCc2ccccc2)c1O. The van der Waals surface area contributed by atoms with Gasteiger partial charge in [0.15, 0.2) is 0 Å². The summed E-state index contributed by atoms with van der Waals surface area (Å²) in [6.07, 6.45) is 0. The highest BCUT2D eigenvalue weighted by atomic mass is 32.2. The van der Waals surface area contributed by atoms with Crippen LogP contribution in [0.2, 0.25) is 0 Å². The number of aromatic hydroxyl groups is 1. The topological polar surface area (TPSA) is 23.5 Å². The zero-order valence-corrected chi connectivity index (χ0v) is 15.2. The van der Waals surface area contributed by atoms with Gasteiger partial charge in [-0.15, -0.1) is 0 Å². The molecule has 2 rings (SSSR count). The van der Waals surface area contributed by atoms with Crippen LogP contribution in [0, 0.1) is 6.92 Å². The van der Waals surface area contributed by atoms with E-state index in [9.17, 15) is 5.11 Å². The molecule has 0 atom stereocenters. The molecule has 2 aromatic carbocycles. The quantitative estimate of drug-likeness (QED) is 0.739. The molecule has 0 aliphatic rings. The lowest BCUT2D eigenvalue weighted by Crippen LogP contribution is -2.22. The van der Waals surface area contributed by atoms with Crippen LogP contribution in [-0.4, -0.2) is 23.1 Å². The lowest BCUT2D eigenvalue weighted by atomic mass is 10.0. The van der Waals surface area contributed by atoms with E-state index in [-0.39, 0.29) is 0 Å². The molecule has 2 nitrogen and oxygen atoms in total. The molecular formula is C20H27NOS. The van der Waals surface area contributed by atoms with E-state index in [0.717, 1.165) is 42.3 Å². The van der Waals surface area contributed by atoms with Crippen LogP contribution >= 0.6 is 11.8 Å². The van der Waals surface area contributed by atoms with Crippen LogP contribution in [0.1, 0.15) is 36.1 Å². The smallest absolute Gasteiger partial charge is 0.124 e. The Hall–Kier alpha value is -1.45. The van der Waals surface area contributed by atoms with Crippen LogP contribution < -0.4 is 0 Å². The summed E-state index contributed by atoms with van der Waals surface area (Å²) in [6.45, 7) is 9.25. The number of hydrogen-bond acceptors (Lipinski definition) is 3. The normalized spacial score (nSPS) is 11.1. The number of nitrogens with zero attached hydrogens (tertiary/aromatic N) is 1. The van der Waals surface area contributed by atoms with Gasteiger partial charge < -0.3 is 5.11 Å². The number of phenols is 1. The molecule has 0 radical (unpaired) electrons. The lowest BCUT2D eigenvalue weighted by Gasteiger charge is -2.20. The Bertz CT molecular complexity index is 609. The number of rotatable bonds is 8. The standard InChI is InChI=1S/C20H27NOS/c1-4-21(5-2)13-18-11-16(3)12-19(20(18)22)15-23-14-17-9-7-6-8-10-17/h6-12,22H,4-5,13-15H2,1-3H3. The van der Waals surface area contributed by atoms with Crippen molar-refractivity contribution < 1.29 is 5.11 Å². The Morgan fingerprint density at radius 2 is 1.61 bits per heavy atom. The number of hydrogen-bond donors (Lipinski definition) is 1. The number of phenolic OH excluding ortho intramolecular Hbond substituents is 1. The number of benzene rings is 2. The van der Waals surface area contributed by atoms with Gasteiger partial charge in [-0.25, -0.2) is 0 Å². The van der Waals surface area contributed by atoms with Crippen molar-refractivity contribution in [2.24, 2.45) is 0 Å². The first-order chi connectivity index (χ1) is 11.1. The Morgan fingerprint density at radius 3 is 2.26 bits per heavy atom. The van der Waals surface area contributed by atoms with E-state index in [1.807, 2.05) is 17.8 Å². The fraction of sp³-hybridized carbons (Fsp3) is 0.400. The zero-order chi connectivity index (χ0) is 16.7. The maximum Gasteiger partial charge on any atom is 0.124 e. The Kier molecular flexibility index (Phi) is 7.00. The first-order valence-corrected chi connectivity index (χ1v) is 9.44. The highest BCUT2D eigenvalue weighted by molar-refractivity contribution is 7.97. The summed E-state index contributed by atoms with van der Waals surface area (Å²) in [5.41, 5.74) is 4.64. The van der Waals surface area contributed by atoms with E-state index in [4.69, 9.17) is 0 Å².